The number of halogens is 1. The number of guanidine groups is 1. The third-order valence-corrected chi connectivity index (χ3v) is 5.51. The van der Waals surface area contributed by atoms with Crippen LogP contribution < -0.4 is 21.1 Å². The number of nitrogens with one attached hydrogen (secondary N) is 2. The van der Waals surface area contributed by atoms with Gasteiger partial charge in [0.1, 0.15) is 5.75 Å². The van der Waals surface area contributed by atoms with E-state index in [1.807, 2.05) is 23.1 Å². The zero-order chi connectivity index (χ0) is 20.6. The van der Waals surface area contributed by atoms with Crippen molar-refractivity contribution in [2.45, 2.75) is 44.7 Å². The summed E-state index contributed by atoms with van der Waals surface area (Å²) in [6, 6.07) is 7.69. The molecule has 2 fully saturated rings. The molecule has 1 heterocycles. The van der Waals surface area contributed by atoms with Crippen LogP contribution in [-0.4, -0.2) is 55.5 Å². The Morgan fingerprint density at radius 2 is 2.03 bits per heavy atom. The molecule has 1 saturated heterocycles. The first-order valence-corrected chi connectivity index (χ1v) is 10.3. The number of hydrogen-bond donors (Lipinski definition) is 3. The fourth-order valence-corrected chi connectivity index (χ4v) is 3.98. The van der Waals surface area contributed by atoms with Gasteiger partial charge in [-0.1, -0.05) is 25.0 Å². The van der Waals surface area contributed by atoms with Crippen LogP contribution in [0, 0.1) is 5.92 Å². The van der Waals surface area contributed by atoms with Gasteiger partial charge in [-0.15, -0.1) is 24.0 Å². The summed E-state index contributed by atoms with van der Waals surface area (Å²) in [6.45, 7) is 1.96. The predicted octanol–water partition coefficient (Wildman–Crippen LogP) is 1.62. The van der Waals surface area contributed by atoms with Crippen LogP contribution in [0.3, 0.4) is 0 Å². The molecular formula is C21H32IN5O3. The number of hydrogen-bond acceptors (Lipinski definition) is 4. The molecule has 0 aromatic heterocycles. The van der Waals surface area contributed by atoms with Gasteiger partial charge < -0.3 is 26.0 Å². The molecule has 0 bridgehead atoms. The molecule has 1 aliphatic heterocycles. The van der Waals surface area contributed by atoms with Gasteiger partial charge in [-0.3, -0.25) is 14.6 Å². The Kier molecular flexibility index (Phi) is 9.67. The zero-order valence-electron chi connectivity index (χ0n) is 17.4. The molecule has 1 unspecified atom stereocenters. The van der Waals surface area contributed by atoms with Crippen molar-refractivity contribution >= 4 is 41.8 Å². The Morgan fingerprint density at radius 1 is 1.27 bits per heavy atom. The smallest absolute Gasteiger partial charge is 0.255 e. The molecule has 2 amide bonds. The fourth-order valence-electron chi connectivity index (χ4n) is 3.98. The second-order valence-corrected chi connectivity index (χ2v) is 7.72. The number of ether oxygens (including phenoxy) is 1. The summed E-state index contributed by atoms with van der Waals surface area (Å²) >= 11 is 0. The molecule has 2 aliphatic rings. The van der Waals surface area contributed by atoms with Crippen LogP contribution in [0.4, 0.5) is 0 Å². The van der Waals surface area contributed by atoms with E-state index in [1.165, 1.54) is 12.8 Å². The number of carbonyl (C=O) groups is 2. The standard InChI is InChI=1S/C21H31N5O3.HI/c1-23-21(24-12-15-5-4-8-18(11-15)29-14-19(22)27)25-17-9-10-26(13-17)20(28)16-6-2-3-7-16;/h4-5,8,11,16-17H,2-3,6-7,9-10,12-14H2,1H3,(H2,22,27)(H2,23,24,25);1H. The molecule has 1 saturated carbocycles. The Bertz CT molecular complexity index is 752. The summed E-state index contributed by atoms with van der Waals surface area (Å²) in [4.78, 5) is 29.7. The van der Waals surface area contributed by atoms with Crippen molar-refractivity contribution in [2.24, 2.45) is 16.6 Å². The maximum Gasteiger partial charge on any atom is 0.255 e. The predicted molar refractivity (Wildman–Crippen MR) is 127 cm³/mol. The number of rotatable bonds is 7. The van der Waals surface area contributed by atoms with Crippen molar-refractivity contribution in [3.8, 4) is 5.75 Å². The summed E-state index contributed by atoms with van der Waals surface area (Å²) in [5.74, 6) is 1.35. The first kappa shape index (κ1) is 24.2. The molecule has 9 heteroatoms. The maximum absolute atomic E-state index is 12.6. The van der Waals surface area contributed by atoms with Crippen molar-refractivity contribution in [1.29, 1.82) is 0 Å². The highest BCUT2D eigenvalue weighted by Gasteiger charge is 2.32. The second kappa shape index (κ2) is 12.0. The highest BCUT2D eigenvalue weighted by molar-refractivity contribution is 14.0. The van der Waals surface area contributed by atoms with Gasteiger partial charge in [0.25, 0.3) is 5.91 Å². The molecule has 1 aliphatic carbocycles. The lowest BCUT2D eigenvalue weighted by atomic mass is 10.1. The quantitative estimate of drug-likeness (QED) is 0.283. The molecular weight excluding hydrogens is 497 g/mol. The van der Waals surface area contributed by atoms with E-state index in [0.717, 1.165) is 37.9 Å². The number of aliphatic imine (C=N–C) groups is 1. The van der Waals surface area contributed by atoms with Crippen LogP contribution in [-0.2, 0) is 16.1 Å². The van der Waals surface area contributed by atoms with Crippen LogP contribution in [0.2, 0.25) is 0 Å². The average Bonchev–Trinajstić information content (AvgIpc) is 3.41. The minimum Gasteiger partial charge on any atom is -0.484 e. The van der Waals surface area contributed by atoms with Gasteiger partial charge in [0.15, 0.2) is 12.6 Å². The lowest BCUT2D eigenvalue weighted by Crippen LogP contribution is -2.45. The average molecular weight is 529 g/mol. The van der Waals surface area contributed by atoms with Gasteiger partial charge in [-0.05, 0) is 37.0 Å². The van der Waals surface area contributed by atoms with E-state index >= 15 is 0 Å². The van der Waals surface area contributed by atoms with Crippen molar-refractivity contribution < 1.29 is 14.3 Å². The van der Waals surface area contributed by atoms with Crippen LogP contribution in [0.5, 0.6) is 5.75 Å². The number of likely N-dealkylation sites (tertiary alicyclic amines) is 1. The molecule has 1 aromatic rings. The van der Waals surface area contributed by atoms with Crippen LogP contribution >= 0.6 is 24.0 Å². The SMILES string of the molecule is CN=C(NCc1cccc(OCC(N)=O)c1)NC1CCN(C(=O)C2CCCC2)C1.I. The van der Waals surface area contributed by atoms with E-state index in [1.54, 1.807) is 13.1 Å². The normalized spacial score (nSPS) is 19.3. The number of benzene rings is 1. The lowest BCUT2D eigenvalue weighted by molar-refractivity contribution is -0.134. The second-order valence-electron chi connectivity index (χ2n) is 7.72. The van der Waals surface area contributed by atoms with E-state index in [-0.39, 0.29) is 42.5 Å². The summed E-state index contributed by atoms with van der Waals surface area (Å²) < 4.78 is 5.34. The Hall–Kier alpha value is -2.04. The van der Waals surface area contributed by atoms with Crippen molar-refractivity contribution in [3.05, 3.63) is 29.8 Å². The first-order valence-electron chi connectivity index (χ1n) is 10.3. The van der Waals surface area contributed by atoms with Crippen molar-refractivity contribution in [2.75, 3.05) is 26.7 Å². The van der Waals surface area contributed by atoms with E-state index in [0.29, 0.717) is 24.2 Å². The molecule has 0 spiro atoms. The maximum atomic E-state index is 12.6. The van der Waals surface area contributed by atoms with Crippen LogP contribution in [0.1, 0.15) is 37.7 Å². The third-order valence-electron chi connectivity index (χ3n) is 5.51. The van der Waals surface area contributed by atoms with Gasteiger partial charge in [0.05, 0.1) is 0 Å². The van der Waals surface area contributed by atoms with Gasteiger partial charge in [0.2, 0.25) is 5.91 Å². The number of primary amides is 1. The Balaban J connectivity index is 0.00000320. The van der Waals surface area contributed by atoms with E-state index in [2.05, 4.69) is 15.6 Å². The molecule has 30 heavy (non-hydrogen) atoms. The van der Waals surface area contributed by atoms with E-state index in [9.17, 15) is 9.59 Å². The Labute approximate surface area is 195 Å². The molecule has 1 atom stereocenters. The van der Waals surface area contributed by atoms with Crippen LogP contribution in [0.25, 0.3) is 0 Å². The summed E-state index contributed by atoms with van der Waals surface area (Å²) in [5, 5.41) is 6.71. The largest absolute Gasteiger partial charge is 0.484 e. The molecule has 166 valence electrons. The van der Waals surface area contributed by atoms with Gasteiger partial charge in [-0.2, -0.15) is 0 Å². The molecule has 3 rings (SSSR count). The van der Waals surface area contributed by atoms with Crippen molar-refractivity contribution in [1.82, 2.24) is 15.5 Å². The molecule has 1 aromatic carbocycles. The first-order chi connectivity index (χ1) is 14.0. The van der Waals surface area contributed by atoms with Gasteiger partial charge in [-0.25, -0.2) is 0 Å². The van der Waals surface area contributed by atoms with Crippen LogP contribution in [0.15, 0.2) is 29.3 Å². The lowest BCUT2D eigenvalue weighted by Gasteiger charge is -2.21. The van der Waals surface area contributed by atoms with E-state index in [4.69, 9.17) is 10.5 Å². The number of nitrogens with two attached hydrogens (primary N) is 1. The molecule has 4 N–H and O–H groups in total. The highest BCUT2D eigenvalue weighted by atomic mass is 127. The molecule has 0 radical (unpaired) electrons. The highest BCUT2D eigenvalue weighted by Crippen LogP contribution is 2.27. The zero-order valence-corrected chi connectivity index (χ0v) is 19.8. The summed E-state index contributed by atoms with van der Waals surface area (Å²) in [7, 11) is 1.73. The fraction of sp³-hybridized carbons (Fsp3) is 0.571. The number of nitrogens with zero attached hydrogens (tertiary/aromatic N) is 2. The van der Waals surface area contributed by atoms with Crippen molar-refractivity contribution in [3.63, 3.8) is 0 Å². The van der Waals surface area contributed by atoms with Gasteiger partial charge >= 0.3 is 0 Å². The van der Waals surface area contributed by atoms with Gasteiger partial charge in [0, 0.05) is 38.6 Å². The van der Waals surface area contributed by atoms with E-state index < -0.39 is 5.91 Å². The minimum atomic E-state index is -0.504. The molecule has 8 nitrogen and oxygen atoms in total. The monoisotopic (exact) mass is 529 g/mol. The number of amides is 2. The topological polar surface area (TPSA) is 109 Å². The Morgan fingerprint density at radius 3 is 2.73 bits per heavy atom. The summed E-state index contributed by atoms with van der Waals surface area (Å²) in [6.07, 6.45) is 5.36. The third kappa shape index (κ3) is 7.03. The minimum absolute atomic E-state index is 0. The number of carbonyl (C=O) groups excluding carboxylic acids is 2. The summed E-state index contributed by atoms with van der Waals surface area (Å²) in [5.41, 5.74) is 6.11.